The molecule has 0 aliphatic rings. The summed E-state index contributed by atoms with van der Waals surface area (Å²) in [6.07, 6.45) is 0. The topological polar surface area (TPSA) is 20.2 Å². The molecule has 0 aliphatic heterocycles. The minimum absolute atomic E-state index is 0. The molecule has 0 fully saturated rings. The monoisotopic (exact) mass is 202 g/mol. The zero-order valence-corrected chi connectivity index (χ0v) is 10.0. The standard InChI is InChI=1S/C10H7ClO.Na.H/c11-10-6-8(12)5-7-3-1-2-4-9(7)10;;/h1-6,12H;;/q;+1;-1. The third-order valence-corrected chi connectivity index (χ3v) is 2.11. The van der Waals surface area contributed by atoms with Gasteiger partial charge in [0.1, 0.15) is 5.75 Å². The van der Waals surface area contributed by atoms with Crippen molar-refractivity contribution < 1.29 is 36.1 Å². The van der Waals surface area contributed by atoms with Crippen molar-refractivity contribution in [2.45, 2.75) is 0 Å². The number of phenols is 1. The predicted molar refractivity (Wildman–Crippen MR) is 51.7 cm³/mol. The summed E-state index contributed by atoms with van der Waals surface area (Å²) in [6.45, 7) is 0. The van der Waals surface area contributed by atoms with Crippen LogP contribution in [0.1, 0.15) is 1.43 Å². The van der Waals surface area contributed by atoms with Crippen LogP contribution in [0.5, 0.6) is 5.75 Å². The number of hydrogen-bond acceptors (Lipinski definition) is 1. The molecular formula is C10H8ClNaO. The summed E-state index contributed by atoms with van der Waals surface area (Å²) in [7, 11) is 0. The van der Waals surface area contributed by atoms with Gasteiger partial charge in [-0.2, -0.15) is 0 Å². The molecule has 62 valence electrons. The third-order valence-electron chi connectivity index (χ3n) is 1.80. The van der Waals surface area contributed by atoms with Gasteiger partial charge in [0.15, 0.2) is 0 Å². The molecule has 2 aromatic rings. The first-order valence-electron chi connectivity index (χ1n) is 3.64. The van der Waals surface area contributed by atoms with E-state index in [9.17, 15) is 5.11 Å². The summed E-state index contributed by atoms with van der Waals surface area (Å²) in [6, 6.07) is 10.9. The van der Waals surface area contributed by atoms with Crippen LogP contribution in [0.4, 0.5) is 0 Å². The predicted octanol–water partition coefficient (Wildman–Crippen LogP) is 0.315. The van der Waals surface area contributed by atoms with Crippen LogP contribution in [0.2, 0.25) is 5.02 Å². The molecule has 1 N–H and O–H groups in total. The fourth-order valence-corrected chi connectivity index (χ4v) is 1.53. The van der Waals surface area contributed by atoms with Gasteiger partial charge in [-0.05, 0) is 17.5 Å². The Bertz CT molecular complexity index is 433. The van der Waals surface area contributed by atoms with Crippen LogP contribution in [-0.2, 0) is 0 Å². The molecule has 0 unspecified atom stereocenters. The molecule has 3 heteroatoms. The molecular weight excluding hydrogens is 195 g/mol. The van der Waals surface area contributed by atoms with E-state index >= 15 is 0 Å². The molecule has 0 saturated heterocycles. The molecule has 0 bridgehead atoms. The summed E-state index contributed by atoms with van der Waals surface area (Å²) in [5.41, 5.74) is 0. The van der Waals surface area contributed by atoms with Crippen LogP contribution in [-0.4, -0.2) is 5.11 Å². The van der Waals surface area contributed by atoms with Crippen molar-refractivity contribution in [2.24, 2.45) is 0 Å². The van der Waals surface area contributed by atoms with E-state index in [-0.39, 0.29) is 36.7 Å². The number of rotatable bonds is 0. The molecule has 0 amide bonds. The quantitative estimate of drug-likeness (QED) is 0.610. The minimum Gasteiger partial charge on any atom is -1.00 e. The van der Waals surface area contributed by atoms with Gasteiger partial charge in [0.2, 0.25) is 0 Å². The Morgan fingerprint density at radius 3 is 2.62 bits per heavy atom. The van der Waals surface area contributed by atoms with Crippen LogP contribution in [0, 0.1) is 0 Å². The molecule has 0 atom stereocenters. The minimum atomic E-state index is 0. The first-order chi connectivity index (χ1) is 5.77. The molecule has 0 saturated carbocycles. The maximum atomic E-state index is 9.23. The van der Waals surface area contributed by atoms with Gasteiger partial charge >= 0.3 is 29.6 Å². The van der Waals surface area contributed by atoms with Crippen LogP contribution >= 0.6 is 11.6 Å². The van der Waals surface area contributed by atoms with E-state index in [1.54, 1.807) is 12.1 Å². The second-order valence-corrected chi connectivity index (χ2v) is 3.06. The fraction of sp³-hybridized carbons (Fsp3) is 0. The second kappa shape index (κ2) is 4.34. The van der Waals surface area contributed by atoms with Crippen molar-refractivity contribution in [2.75, 3.05) is 0 Å². The molecule has 13 heavy (non-hydrogen) atoms. The maximum absolute atomic E-state index is 9.23. The number of halogens is 1. The zero-order chi connectivity index (χ0) is 8.55. The Kier molecular flexibility index (Phi) is 3.63. The van der Waals surface area contributed by atoms with Gasteiger partial charge in [0, 0.05) is 5.39 Å². The van der Waals surface area contributed by atoms with Gasteiger partial charge in [0.05, 0.1) is 5.02 Å². The van der Waals surface area contributed by atoms with Crippen molar-refractivity contribution in [3.63, 3.8) is 0 Å². The van der Waals surface area contributed by atoms with E-state index in [1.807, 2.05) is 24.3 Å². The average Bonchev–Trinajstić information content (AvgIpc) is 2.04. The van der Waals surface area contributed by atoms with E-state index in [2.05, 4.69) is 0 Å². The Morgan fingerprint density at radius 2 is 1.85 bits per heavy atom. The van der Waals surface area contributed by atoms with Crippen LogP contribution < -0.4 is 29.6 Å². The maximum Gasteiger partial charge on any atom is 1.00 e. The molecule has 0 aliphatic carbocycles. The summed E-state index contributed by atoms with van der Waals surface area (Å²) in [5, 5.41) is 11.7. The third kappa shape index (κ3) is 2.18. The van der Waals surface area contributed by atoms with Crippen LogP contribution in [0.15, 0.2) is 36.4 Å². The number of benzene rings is 2. The smallest absolute Gasteiger partial charge is 1.00 e. The average molecular weight is 203 g/mol. The summed E-state index contributed by atoms with van der Waals surface area (Å²) < 4.78 is 0. The number of aromatic hydroxyl groups is 1. The van der Waals surface area contributed by atoms with E-state index in [4.69, 9.17) is 11.6 Å². The summed E-state index contributed by atoms with van der Waals surface area (Å²) in [4.78, 5) is 0. The van der Waals surface area contributed by atoms with E-state index in [1.165, 1.54) is 0 Å². The van der Waals surface area contributed by atoms with Crippen molar-refractivity contribution in [1.82, 2.24) is 0 Å². The van der Waals surface area contributed by atoms with Crippen LogP contribution in [0.3, 0.4) is 0 Å². The Balaban J connectivity index is 0.000000845. The summed E-state index contributed by atoms with van der Waals surface area (Å²) in [5.74, 6) is 0.207. The number of hydrogen-bond donors (Lipinski definition) is 1. The Morgan fingerprint density at radius 1 is 1.15 bits per heavy atom. The molecule has 0 heterocycles. The summed E-state index contributed by atoms with van der Waals surface area (Å²) >= 11 is 5.90. The van der Waals surface area contributed by atoms with Gasteiger partial charge in [-0.25, -0.2) is 0 Å². The van der Waals surface area contributed by atoms with Crippen molar-refractivity contribution >= 4 is 22.4 Å². The van der Waals surface area contributed by atoms with E-state index in [0.29, 0.717) is 5.02 Å². The SMILES string of the molecule is Oc1cc(Cl)c2ccccc2c1.[H-].[Na+]. The molecule has 0 spiro atoms. The molecule has 0 aromatic heterocycles. The molecule has 0 radical (unpaired) electrons. The van der Waals surface area contributed by atoms with Gasteiger partial charge in [-0.1, -0.05) is 35.9 Å². The van der Waals surface area contributed by atoms with Gasteiger partial charge in [-0.15, -0.1) is 0 Å². The molecule has 1 nitrogen and oxygen atoms in total. The fourth-order valence-electron chi connectivity index (χ4n) is 1.25. The van der Waals surface area contributed by atoms with Crippen molar-refractivity contribution in [1.29, 1.82) is 0 Å². The number of phenolic OH excluding ortho intramolecular Hbond substituents is 1. The Labute approximate surface area is 105 Å². The van der Waals surface area contributed by atoms with Crippen molar-refractivity contribution in [3.8, 4) is 5.75 Å². The molecule has 2 aromatic carbocycles. The van der Waals surface area contributed by atoms with Gasteiger partial charge in [0.25, 0.3) is 0 Å². The van der Waals surface area contributed by atoms with Gasteiger partial charge < -0.3 is 6.53 Å². The first-order valence-corrected chi connectivity index (χ1v) is 4.02. The van der Waals surface area contributed by atoms with E-state index in [0.717, 1.165) is 10.8 Å². The second-order valence-electron chi connectivity index (χ2n) is 2.65. The largest absolute Gasteiger partial charge is 1.00 e. The normalized spacial score (nSPS) is 9.62. The molecule has 2 rings (SSSR count). The van der Waals surface area contributed by atoms with Gasteiger partial charge in [-0.3, -0.25) is 0 Å². The van der Waals surface area contributed by atoms with Crippen LogP contribution in [0.25, 0.3) is 10.8 Å². The Hall–Kier alpha value is -0.210. The van der Waals surface area contributed by atoms with Crippen molar-refractivity contribution in [3.05, 3.63) is 41.4 Å². The number of fused-ring (bicyclic) bond motifs is 1. The first kappa shape index (κ1) is 10.9. The van der Waals surface area contributed by atoms with E-state index < -0.39 is 0 Å². The zero-order valence-electron chi connectivity index (χ0n) is 8.29.